The quantitative estimate of drug-likeness (QED) is 0.602. The van der Waals surface area contributed by atoms with Crippen LogP contribution in [-0.2, 0) is 0 Å². The largest absolute Gasteiger partial charge is 0.360 e. The maximum Gasteiger partial charge on any atom is 0.255 e. The number of allylic oxidation sites excluding steroid dienone is 1. The molecule has 8 nitrogen and oxygen atoms in total. The Morgan fingerprint density at radius 3 is 2.78 bits per heavy atom. The molecule has 0 atom stereocenters. The highest BCUT2D eigenvalue weighted by Gasteiger charge is 2.09. The molecular weight excluding hydrogens is 342 g/mol. The van der Waals surface area contributed by atoms with Crippen LogP contribution in [0.25, 0.3) is 5.57 Å². The molecule has 134 valence electrons. The molecule has 3 rings (SSSR count). The summed E-state index contributed by atoms with van der Waals surface area (Å²) in [5.74, 6) is -0.0259. The van der Waals surface area contributed by atoms with Crippen molar-refractivity contribution in [1.29, 1.82) is 5.26 Å². The van der Waals surface area contributed by atoms with Gasteiger partial charge in [0.25, 0.3) is 5.91 Å². The van der Waals surface area contributed by atoms with E-state index in [1.54, 1.807) is 24.3 Å². The van der Waals surface area contributed by atoms with Gasteiger partial charge in [-0.25, -0.2) is 0 Å². The Kier molecular flexibility index (Phi) is 5.23. The van der Waals surface area contributed by atoms with Crippen LogP contribution in [0.5, 0.6) is 0 Å². The number of nitrogens with one attached hydrogen (secondary N) is 3. The number of nitriles is 1. The molecule has 27 heavy (non-hydrogen) atoms. The van der Waals surface area contributed by atoms with E-state index in [-0.39, 0.29) is 17.3 Å². The van der Waals surface area contributed by atoms with Crippen LogP contribution in [0, 0.1) is 25.2 Å². The lowest BCUT2D eigenvalue weighted by molar-refractivity contribution is 0.102. The van der Waals surface area contributed by atoms with E-state index in [1.807, 2.05) is 38.1 Å². The fourth-order valence-electron chi connectivity index (χ4n) is 2.48. The predicted octanol–water partition coefficient (Wildman–Crippen LogP) is 3.05. The first-order chi connectivity index (χ1) is 13.1. The van der Waals surface area contributed by atoms with E-state index in [0.717, 1.165) is 16.8 Å². The van der Waals surface area contributed by atoms with Crippen molar-refractivity contribution in [2.45, 2.75) is 13.8 Å². The molecule has 0 spiro atoms. The fourth-order valence-corrected chi connectivity index (χ4v) is 2.48. The molecule has 0 fully saturated rings. The predicted molar refractivity (Wildman–Crippen MR) is 102 cm³/mol. The van der Waals surface area contributed by atoms with Crippen LogP contribution >= 0.6 is 0 Å². The zero-order valence-corrected chi connectivity index (χ0v) is 14.8. The number of anilines is 2. The maximum absolute atomic E-state index is 12.5. The van der Waals surface area contributed by atoms with Crippen molar-refractivity contribution in [1.82, 2.24) is 20.6 Å². The third-order valence-electron chi connectivity index (χ3n) is 3.84. The Hall–Kier alpha value is -3.99. The molecule has 0 aliphatic carbocycles. The highest BCUT2D eigenvalue weighted by Crippen LogP contribution is 2.18. The number of aryl methyl sites for hydroxylation is 2. The Bertz CT molecular complexity index is 1030. The first kappa shape index (κ1) is 17.8. The van der Waals surface area contributed by atoms with Gasteiger partial charge < -0.3 is 10.6 Å². The first-order valence-corrected chi connectivity index (χ1v) is 8.16. The van der Waals surface area contributed by atoms with Crippen molar-refractivity contribution in [3.8, 4) is 6.07 Å². The van der Waals surface area contributed by atoms with E-state index in [1.165, 1.54) is 6.20 Å². The van der Waals surface area contributed by atoms with Crippen LogP contribution in [0.3, 0.4) is 0 Å². The number of carbonyl (C=O) groups is 1. The summed E-state index contributed by atoms with van der Waals surface area (Å²) < 4.78 is 0. The zero-order chi connectivity index (χ0) is 19.2. The monoisotopic (exact) mass is 359 g/mol. The van der Waals surface area contributed by atoms with Crippen LogP contribution in [0.15, 0.2) is 48.7 Å². The summed E-state index contributed by atoms with van der Waals surface area (Å²) in [6.45, 7) is 3.96. The average Bonchev–Trinajstić information content (AvgIpc) is 3.19. The van der Waals surface area contributed by atoms with E-state index in [4.69, 9.17) is 0 Å². The molecule has 0 saturated heterocycles. The van der Waals surface area contributed by atoms with Gasteiger partial charge >= 0.3 is 0 Å². The number of hydrogen-bond donors (Lipinski definition) is 3. The van der Waals surface area contributed by atoms with Crippen molar-refractivity contribution >= 4 is 22.9 Å². The van der Waals surface area contributed by atoms with Crippen molar-refractivity contribution in [2.75, 3.05) is 10.6 Å². The number of rotatable bonds is 5. The van der Waals surface area contributed by atoms with Crippen LogP contribution in [0.1, 0.15) is 27.3 Å². The van der Waals surface area contributed by atoms with E-state index < -0.39 is 0 Å². The van der Waals surface area contributed by atoms with E-state index in [0.29, 0.717) is 11.3 Å². The molecule has 0 aliphatic rings. The number of aromatic amines is 1. The number of nitrogens with zero attached hydrogens (tertiary/aromatic N) is 4. The molecule has 2 aromatic carbocycles. The summed E-state index contributed by atoms with van der Waals surface area (Å²) in [6.07, 6.45) is 1.46. The van der Waals surface area contributed by atoms with Crippen LogP contribution < -0.4 is 10.6 Å². The lowest BCUT2D eigenvalue weighted by atomic mass is 10.1. The second-order valence-electron chi connectivity index (χ2n) is 5.90. The number of H-pyrrole nitrogens is 1. The minimum atomic E-state index is -0.215. The van der Waals surface area contributed by atoms with Gasteiger partial charge in [0, 0.05) is 23.1 Å². The summed E-state index contributed by atoms with van der Waals surface area (Å²) in [5, 5.41) is 28.3. The number of hydrogen-bond acceptors (Lipinski definition) is 6. The molecule has 3 aromatic rings. The topological polar surface area (TPSA) is 119 Å². The molecule has 0 bridgehead atoms. The highest BCUT2D eigenvalue weighted by molar-refractivity contribution is 6.05. The Morgan fingerprint density at radius 2 is 2.07 bits per heavy atom. The van der Waals surface area contributed by atoms with E-state index in [9.17, 15) is 10.1 Å². The highest BCUT2D eigenvalue weighted by atomic mass is 16.1. The average molecular weight is 359 g/mol. The molecular formula is C19H17N7O. The number of benzene rings is 2. The Balaban J connectivity index is 1.75. The molecule has 1 heterocycles. The normalized spacial score (nSPS) is 10.9. The molecule has 1 amide bonds. The molecule has 0 aliphatic heterocycles. The third-order valence-corrected chi connectivity index (χ3v) is 3.84. The number of tetrazole rings is 1. The number of aromatic nitrogens is 4. The minimum Gasteiger partial charge on any atom is -0.360 e. The van der Waals surface area contributed by atoms with E-state index >= 15 is 0 Å². The maximum atomic E-state index is 12.5. The van der Waals surface area contributed by atoms with Gasteiger partial charge in [-0.15, -0.1) is 10.2 Å². The second kappa shape index (κ2) is 7.93. The summed E-state index contributed by atoms with van der Waals surface area (Å²) in [4.78, 5) is 12.5. The van der Waals surface area contributed by atoms with Gasteiger partial charge in [-0.2, -0.15) is 10.5 Å². The van der Waals surface area contributed by atoms with Crippen molar-refractivity contribution < 1.29 is 4.79 Å². The number of amides is 1. The van der Waals surface area contributed by atoms with Gasteiger partial charge in [0.15, 0.2) is 0 Å². The summed E-state index contributed by atoms with van der Waals surface area (Å²) in [6, 6.07) is 14.8. The van der Waals surface area contributed by atoms with Crippen LogP contribution in [0.4, 0.5) is 11.4 Å². The third kappa shape index (κ3) is 4.35. The zero-order valence-electron chi connectivity index (χ0n) is 14.8. The molecule has 3 N–H and O–H groups in total. The lowest BCUT2D eigenvalue weighted by Gasteiger charge is -2.10. The smallest absolute Gasteiger partial charge is 0.255 e. The SMILES string of the molecule is Cc1ccc(NC(=O)c2cccc(NC=C(C#N)c3nn[nH]n3)c2)c(C)c1. The summed E-state index contributed by atoms with van der Waals surface area (Å²) >= 11 is 0. The van der Waals surface area contributed by atoms with Gasteiger partial charge in [0.1, 0.15) is 11.6 Å². The Labute approximate surface area is 155 Å². The molecule has 1 aromatic heterocycles. The minimum absolute atomic E-state index is 0.189. The van der Waals surface area contributed by atoms with Gasteiger partial charge in [-0.3, -0.25) is 4.79 Å². The lowest BCUT2D eigenvalue weighted by Crippen LogP contribution is -2.13. The van der Waals surface area contributed by atoms with E-state index in [2.05, 4.69) is 31.3 Å². The van der Waals surface area contributed by atoms with Gasteiger partial charge in [-0.05, 0) is 48.9 Å². The summed E-state index contributed by atoms with van der Waals surface area (Å²) in [5.41, 5.74) is 4.27. The number of carbonyl (C=O) groups excluding carboxylic acids is 1. The first-order valence-electron chi connectivity index (χ1n) is 8.16. The van der Waals surface area contributed by atoms with Gasteiger partial charge in [0.2, 0.25) is 5.82 Å². The molecule has 8 heteroatoms. The Morgan fingerprint density at radius 1 is 1.22 bits per heavy atom. The van der Waals surface area contributed by atoms with Crippen molar-refractivity contribution in [3.05, 3.63) is 71.2 Å². The fraction of sp³-hybridized carbons (Fsp3) is 0.105. The molecule has 0 radical (unpaired) electrons. The van der Waals surface area contributed by atoms with Crippen molar-refractivity contribution in [3.63, 3.8) is 0 Å². The molecule has 0 unspecified atom stereocenters. The molecule has 0 saturated carbocycles. The van der Waals surface area contributed by atoms with Crippen molar-refractivity contribution in [2.24, 2.45) is 0 Å². The summed E-state index contributed by atoms with van der Waals surface area (Å²) in [7, 11) is 0. The van der Waals surface area contributed by atoms with Gasteiger partial charge in [-0.1, -0.05) is 23.8 Å². The van der Waals surface area contributed by atoms with Gasteiger partial charge in [0.05, 0.1) is 0 Å². The standard InChI is InChI=1S/C19H17N7O/c1-12-6-7-17(13(2)8-12)22-19(27)14-4-3-5-16(9-14)21-11-15(10-20)18-23-25-26-24-18/h3-9,11,21H,1-2H3,(H,22,27)(H,23,24,25,26). The van der Waals surface area contributed by atoms with Crippen LogP contribution in [-0.4, -0.2) is 26.5 Å². The second-order valence-corrected chi connectivity index (χ2v) is 5.90. The van der Waals surface area contributed by atoms with Crippen LogP contribution in [0.2, 0.25) is 0 Å².